The van der Waals surface area contributed by atoms with E-state index in [1.54, 1.807) is 26.0 Å². The van der Waals surface area contributed by atoms with E-state index in [4.69, 9.17) is 0 Å². The lowest BCUT2D eigenvalue weighted by atomic mass is 10.0. The highest BCUT2D eigenvalue weighted by Gasteiger charge is 2.20. The highest BCUT2D eigenvalue weighted by molar-refractivity contribution is 6.08. The highest BCUT2D eigenvalue weighted by atomic mass is 19.3. The van der Waals surface area contributed by atoms with Crippen molar-refractivity contribution in [3.05, 3.63) is 34.9 Å². The molecule has 0 aliphatic heterocycles. The van der Waals surface area contributed by atoms with Crippen molar-refractivity contribution < 1.29 is 18.4 Å². The van der Waals surface area contributed by atoms with Crippen LogP contribution in [0.15, 0.2) is 18.2 Å². The number of carbonyl (C=O) groups excluding carboxylic acids is 2. The average molecular weight is 226 g/mol. The number of hydrogen-bond donors (Lipinski definition) is 0. The number of Topliss-reactive ketones (excluding diaryl/α,β-unsaturated/α-hetero) is 2. The molecule has 0 atom stereocenters. The molecule has 86 valence electrons. The minimum Gasteiger partial charge on any atom is -0.294 e. The van der Waals surface area contributed by atoms with Crippen molar-refractivity contribution in [2.75, 3.05) is 0 Å². The van der Waals surface area contributed by atoms with Crippen molar-refractivity contribution >= 4 is 11.6 Å². The van der Waals surface area contributed by atoms with Gasteiger partial charge in [0.2, 0.25) is 5.78 Å². The lowest BCUT2D eigenvalue weighted by Gasteiger charge is -2.03. The lowest BCUT2D eigenvalue weighted by Crippen LogP contribution is -2.15. The zero-order valence-corrected chi connectivity index (χ0v) is 9.09. The predicted octanol–water partition coefficient (Wildman–Crippen LogP) is 2.71. The number of hydrogen-bond acceptors (Lipinski definition) is 2. The maximum Gasteiger partial charge on any atom is 0.296 e. The maximum atomic E-state index is 12.0. The van der Waals surface area contributed by atoms with E-state index in [-0.39, 0.29) is 0 Å². The van der Waals surface area contributed by atoms with Gasteiger partial charge in [-0.1, -0.05) is 17.2 Å². The third kappa shape index (κ3) is 3.22. The third-order valence-corrected chi connectivity index (χ3v) is 2.12. The molecule has 4 heteroatoms. The van der Waals surface area contributed by atoms with E-state index in [1.165, 1.54) is 0 Å². The lowest BCUT2D eigenvalue weighted by molar-refractivity contribution is -0.128. The minimum absolute atomic E-state index is 0.312. The summed E-state index contributed by atoms with van der Waals surface area (Å²) in [5.74, 6) is -1.89. The van der Waals surface area contributed by atoms with Gasteiger partial charge in [-0.05, 0) is 26.0 Å². The zero-order valence-electron chi connectivity index (χ0n) is 9.09. The fraction of sp³-hybridized carbons (Fsp3) is 0.333. The molecule has 0 radical (unpaired) electrons. The Morgan fingerprint density at radius 3 is 2.06 bits per heavy atom. The van der Waals surface area contributed by atoms with E-state index < -0.39 is 24.4 Å². The summed E-state index contributed by atoms with van der Waals surface area (Å²) in [6.45, 7) is 3.61. The van der Waals surface area contributed by atoms with Crippen molar-refractivity contribution in [2.24, 2.45) is 0 Å². The summed E-state index contributed by atoms with van der Waals surface area (Å²) in [4.78, 5) is 22.2. The number of carbonyl (C=O) groups is 2. The maximum absolute atomic E-state index is 12.0. The van der Waals surface area contributed by atoms with Crippen LogP contribution in [0.3, 0.4) is 0 Å². The summed E-state index contributed by atoms with van der Waals surface area (Å²) in [6.07, 6.45) is -3.81. The summed E-state index contributed by atoms with van der Waals surface area (Å²) in [5.41, 5.74) is 2.05. The molecule has 1 aromatic rings. The molecule has 2 nitrogen and oxygen atoms in total. The third-order valence-electron chi connectivity index (χ3n) is 2.12. The Balaban J connectivity index is 2.85. The molecular formula is C12H12F2O2. The molecule has 0 spiro atoms. The molecule has 0 saturated carbocycles. The van der Waals surface area contributed by atoms with Crippen molar-refractivity contribution in [2.45, 2.75) is 26.7 Å². The summed E-state index contributed by atoms with van der Waals surface area (Å²) in [5, 5.41) is 0. The summed E-state index contributed by atoms with van der Waals surface area (Å²) >= 11 is 0. The van der Waals surface area contributed by atoms with Crippen LogP contribution in [0, 0.1) is 13.8 Å². The number of rotatable bonds is 4. The molecule has 0 saturated heterocycles. The fourth-order valence-electron chi connectivity index (χ4n) is 1.47. The quantitative estimate of drug-likeness (QED) is 0.584. The van der Waals surface area contributed by atoms with Gasteiger partial charge in [0, 0.05) is 5.56 Å². The Bertz CT molecular complexity index is 405. The number of benzene rings is 1. The van der Waals surface area contributed by atoms with Crippen LogP contribution in [0.25, 0.3) is 0 Å². The van der Waals surface area contributed by atoms with Gasteiger partial charge in [-0.25, -0.2) is 8.78 Å². The van der Waals surface area contributed by atoms with E-state index in [0.29, 0.717) is 5.56 Å². The van der Waals surface area contributed by atoms with Crippen molar-refractivity contribution in [1.82, 2.24) is 0 Å². The molecule has 16 heavy (non-hydrogen) atoms. The molecule has 0 heterocycles. The van der Waals surface area contributed by atoms with E-state index in [9.17, 15) is 18.4 Å². The zero-order chi connectivity index (χ0) is 12.3. The standard InChI is InChI=1S/C12H12F2O2/c1-7-3-8(2)5-9(4-7)10(15)6-11(16)12(13)14/h3-5,12H,6H2,1-2H3. The number of aryl methyl sites for hydroxylation is 2. The highest BCUT2D eigenvalue weighted by Crippen LogP contribution is 2.12. The predicted molar refractivity (Wildman–Crippen MR) is 55.9 cm³/mol. The summed E-state index contributed by atoms with van der Waals surface area (Å²) in [7, 11) is 0. The average Bonchev–Trinajstić information content (AvgIpc) is 2.15. The Labute approximate surface area is 92.3 Å². The van der Waals surface area contributed by atoms with Gasteiger partial charge in [-0.3, -0.25) is 9.59 Å². The first-order valence-electron chi connectivity index (χ1n) is 4.82. The first kappa shape index (κ1) is 12.5. The molecule has 0 bridgehead atoms. The van der Waals surface area contributed by atoms with Crippen molar-refractivity contribution in [1.29, 1.82) is 0 Å². The second-order valence-electron chi connectivity index (χ2n) is 3.74. The van der Waals surface area contributed by atoms with Gasteiger partial charge in [0.1, 0.15) is 0 Å². The van der Waals surface area contributed by atoms with E-state index in [0.717, 1.165) is 11.1 Å². The Morgan fingerprint density at radius 1 is 1.12 bits per heavy atom. The smallest absolute Gasteiger partial charge is 0.294 e. The van der Waals surface area contributed by atoms with Crippen LogP contribution >= 0.6 is 0 Å². The number of ketones is 2. The van der Waals surface area contributed by atoms with Gasteiger partial charge in [-0.2, -0.15) is 0 Å². The Hall–Kier alpha value is -1.58. The van der Waals surface area contributed by atoms with Gasteiger partial charge in [0.15, 0.2) is 5.78 Å². The van der Waals surface area contributed by atoms with E-state index in [2.05, 4.69) is 0 Å². The van der Waals surface area contributed by atoms with Gasteiger partial charge in [-0.15, -0.1) is 0 Å². The van der Waals surface area contributed by atoms with Crippen LogP contribution in [0.4, 0.5) is 8.78 Å². The molecule has 0 fully saturated rings. The molecular weight excluding hydrogens is 214 g/mol. The van der Waals surface area contributed by atoms with Gasteiger partial charge in [0.05, 0.1) is 6.42 Å². The van der Waals surface area contributed by atoms with Crippen molar-refractivity contribution in [3.63, 3.8) is 0 Å². The van der Waals surface area contributed by atoms with Crippen molar-refractivity contribution in [3.8, 4) is 0 Å². The monoisotopic (exact) mass is 226 g/mol. The number of halogens is 2. The molecule has 0 unspecified atom stereocenters. The van der Waals surface area contributed by atoms with Crippen LogP contribution in [0.2, 0.25) is 0 Å². The molecule has 0 aliphatic rings. The van der Waals surface area contributed by atoms with E-state index >= 15 is 0 Å². The van der Waals surface area contributed by atoms with E-state index in [1.807, 2.05) is 6.07 Å². The first-order chi connectivity index (χ1) is 7.40. The first-order valence-corrected chi connectivity index (χ1v) is 4.82. The Morgan fingerprint density at radius 2 is 1.62 bits per heavy atom. The van der Waals surface area contributed by atoms with Gasteiger partial charge in [0.25, 0.3) is 6.43 Å². The van der Waals surface area contributed by atoms with Crippen LogP contribution in [0.1, 0.15) is 27.9 Å². The molecule has 0 N–H and O–H groups in total. The molecule has 0 aromatic heterocycles. The minimum atomic E-state index is -3.07. The second-order valence-corrected chi connectivity index (χ2v) is 3.74. The normalized spacial score (nSPS) is 10.6. The number of alkyl halides is 2. The largest absolute Gasteiger partial charge is 0.296 e. The fourth-order valence-corrected chi connectivity index (χ4v) is 1.47. The summed E-state index contributed by atoms with van der Waals surface area (Å²) < 4.78 is 23.9. The summed E-state index contributed by atoms with van der Waals surface area (Å²) in [6, 6.07) is 5.05. The van der Waals surface area contributed by atoms with Crippen LogP contribution in [-0.4, -0.2) is 18.0 Å². The van der Waals surface area contributed by atoms with Crippen LogP contribution in [-0.2, 0) is 4.79 Å². The van der Waals surface area contributed by atoms with Gasteiger partial charge >= 0.3 is 0 Å². The second kappa shape index (κ2) is 4.96. The molecule has 0 amide bonds. The molecule has 0 aliphatic carbocycles. The topological polar surface area (TPSA) is 34.1 Å². The molecule has 1 aromatic carbocycles. The van der Waals surface area contributed by atoms with Gasteiger partial charge < -0.3 is 0 Å². The van der Waals surface area contributed by atoms with Crippen LogP contribution in [0.5, 0.6) is 0 Å². The SMILES string of the molecule is Cc1cc(C)cc(C(=O)CC(=O)C(F)F)c1. The molecule has 1 rings (SSSR count). The Kier molecular flexibility index (Phi) is 3.88. The van der Waals surface area contributed by atoms with Crippen LogP contribution < -0.4 is 0 Å².